The second-order valence-electron chi connectivity index (χ2n) is 2.38. The fourth-order valence-electron chi connectivity index (χ4n) is 0.854. The Morgan fingerprint density at radius 2 is 2.29 bits per heavy atom. The molecular weight excluding hydrogens is 222 g/mol. The van der Waals surface area contributed by atoms with Crippen molar-refractivity contribution in [3.05, 3.63) is 38.9 Å². The number of halogens is 1. The number of hydrogen-bond acceptors (Lipinski definition) is 3. The van der Waals surface area contributed by atoms with Gasteiger partial charge >= 0.3 is 0 Å². The van der Waals surface area contributed by atoms with E-state index in [9.17, 15) is 10.1 Å². The van der Waals surface area contributed by atoms with E-state index in [0.29, 0.717) is 11.3 Å². The molecule has 5 heteroatoms. The number of benzene rings is 1. The highest BCUT2D eigenvalue weighted by molar-refractivity contribution is 7.80. The first-order valence-electron chi connectivity index (χ1n) is 3.69. The summed E-state index contributed by atoms with van der Waals surface area (Å²) in [6.45, 7) is 0. The number of nitrogens with zero attached hydrogens (tertiary/aromatic N) is 1. The van der Waals surface area contributed by atoms with Gasteiger partial charge in [0.05, 0.1) is 15.7 Å². The zero-order valence-corrected chi connectivity index (χ0v) is 8.68. The summed E-state index contributed by atoms with van der Waals surface area (Å²) < 4.78 is 0. The van der Waals surface area contributed by atoms with Crippen molar-refractivity contribution in [1.82, 2.24) is 0 Å². The van der Waals surface area contributed by atoms with Gasteiger partial charge in [-0.1, -0.05) is 23.4 Å². The van der Waals surface area contributed by atoms with Crippen molar-refractivity contribution in [2.24, 2.45) is 0 Å². The molecule has 1 aromatic carbocycles. The topological polar surface area (TPSA) is 43.1 Å². The normalized spacial score (nSPS) is 9.00. The molecule has 0 aliphatic heterocycles. The van der Waals surface area contributed by atoms with Gasteiger partial charge < -0.3 is 0 Å². The van der Waals surface area contributed by atoms with Crippen molar-refractivity contribution < 1.29 is 4.92 Å². The van der Waals surface area contributed by atoms with Gasteiger partial charge in [0.1, 0.15) is 0 Å². The summed E-state index contributed by atoms with van der Waals surface area (Å²) in [4.78, 5) is 9.88. The quantitative estimate of drug-likeness (QED) is 0.347. The van der Waals surface area contributed by atoms with Crippen molar-refractivity contribution in [3.8, 4) is 11.8 Å². The number of non-ortho nitro benzene ring substituents is 1. The first kappa shape index (κ1) is 10.9. The van der Waals surface area contributed by atoms with Crippen LogP contribution in [0.15, 0.2) is 18.2 Å². The second kappa shape index (κ2) is 4.89. The van der Waals surface area contributed by atoms with Gasteiger partial charge in [-0.2, -0.15) is 12.6 Å². The van der Waals surface area contributed by atoms with Gasteiger partial charge in [0.25, 0.3) is 5.69 Å². The van der Waals surface area contributed by atoms with Gasteiger partial charge in [-0.25, -0.2) is 0 Å². The van der Waals surface area contributed by atoms with Crippen molar-refractivity contribution in [1.29, 1.82) is 0 Å². The molecule has 0 aromatic heterocycles. The van der Waals surface area contributed by atoms with E-state index in [4.69, 9.17) is 11.6 Å². The molecule has 0 spiro atoms. The Bertz CT molecular complexity index is 423. The largest absolute Gasteiger partial charge is 0.271 e. The van der Waals surface area contributed by atoms with E-state index in [1.807, 2.05) is 0 Å². The van der Waals surface area contributed by atoms with E-state index in [1.54, 1.807) is 0 Å². The van der Waals surface area contributed by atoms with Crippen LogP contribution in [0, 0.1) is 22.0 Å². The van der Waals surface area contributed by atoms with E-state index < -0.39 is 4.92 Å². The maximum Gasteiger partial charge on any atom is 0.271 e. The lowest BCUT2D eigenvalue weighted by Crippen LogP contribution is -1.88. The molecule has 14 heavy (non-hydrogen) atoms. The molecule has 0 aliphatic carbocycles. The maximum absolute atomic E-state index is 10.4. The third kappa shape index (κ3) is 2.66. The van der Waals surface area contributed by atoms with Crippen LogP contribution in [-0.4, -0.2) is 10.7 Å². The third-order valence-electron chi connectivity index (χ3n) is 1.47. The number of thiol groups is 1. The number of hydrogen-bond donors (Lipinski definition) is 1. The Kier molecular flexibility index (Phi) is 3.81. The monoisotopic (exact) mass is 227 g/mol. The molecule has 0 atom stereocenters. The second-order valence-corrected chi connectivity index (χ2v) is 3.10. The minimum absolute atomic E-state index is 0.0357. The average molecular weight is 228 g/mol. The van der Waals surface area contributed by atoms with Crippen molar-refractivity contribution in [2.45, 2.75) is 0 Å². The molecule has 0 heterocycles. The van der Waals surface area contributed by atoms with Gasteiger partial charge in [0, 0.05) is 17.7 Å². The molecule has 3 nitrogen and oxygen atoms in total. The summed E-state index contributed by atoms with van der Waals surface area (Å²) >= 11 is 9.69. The molecule has 0 radical (unpaired) electrons. The maximum atomic E-state index is 10.4. The minimum Gasteiger partial charge on any atom is -0.258 e. The highest BCUT2D eigenvalue weighted by Crippen LogP contribution is 2.21. The molecule has 0 unspecified atom stereocenters. The van der Waals surface area contributed by atoms with Crippen molar-refractivity contribution in [3.63, 3.8) is 0 Å². The van der Waals surface area contributed by atoms with E-state index in [-0.39, 0.29) is 10.7 Å². The van der Waals surface area contributed by atoms with E-state index >= 15 is 0 Å². The predicted molar refractivity (Wildman–Crippen MR) is 58.8 cm³/mol. The van der Waals surface area contributed by atoms with Gasteiger partial charge in [-0.3, -0.25) is 10.1 Å². The fourth-order valence-corrected chi connectivity index (χ4v) is 1.15. The van der Waals surface area contributed by atoms with Crippen LogP contribution in [0.3, 0.4) is 0 Å². The fraction of sp³-hybridized carbons (Fsp3) is 0.111. The number of nitro groups is 1. The van der Waals surface area contributed by atoms with Crippen LogP contribution in [0.25, 0.3) is 0 Å². The van der Waals surface area contributed by atoms with Crippen molar-refractivity contribution in [2.75, 3.05) is 5.75 Å². The molecule has 0 N–H and O–H groups in total. The highest BCUT2D eigenvalue weighted by atomic mass is 35.5. The highest BCUT2D eigenvalue weighted by Gasteiger charge is 2.07. The Morgan fingerprint density at radius 1 is 1.57 bits per heavy atom. The molecule has 0 fully saturated rings. The molecule has 0 saturated carbocycles. The number of nitro benzene ring substituents is 1. The molecule has 0 amide bonds. The first-order valence-corrected chi connectivity index (χ1v) is 4.70. The summed E-state index contributed by atoms with van der Waals surface area (Å²) in [5.74, 6) is 5.89. The third-order valence-corrected chi connectivity index (χ3v) is 1.94. The van der Waals surface area contributed by atoms with Crippen LogP contribution in [-0.2, 0) is 0 Å². The Labute approximate surface area is 91.6 Å². The summed E-state index contributed by atoms with van der Waals surface area (Å²) in [6.07, 6.45) is 0. The lowest BCUT2D eigenvalue weighted by Gasteiger charge is -1.95. The van der Waals surface area contributed by atoms with E-state index in [0.717, 1.165) is 0 Å². The summed E-state index contributed by atoms with van der Waals surface area (Å²) in [7, 11) is 0. The Balaban J connectivity index is 3.07. The average Bonchev–Trinajstić information content (AvgIpc) is 2.15. The SMILES string of the molecule is O=[N+]([O-])c1ccc(C#CCS)c(Cl)c1. The van der Waals surface area contributed by atoms with Gasteiger partial charge in [0.2, 0.25) is 0 Å². The van der Waals surface area contributed by atoms with Crippen LogP contribution < -0.4 is 0 Å². The zero-order chi connectivity index (χ0) is 10.6. The van der Waals surface area contributed by atoms with Gasteiger partial charge in [-0.15, -0.1) is 0 Å². The zero-order valence-electron chi connectivity index (χ0n) is 7.03. The molecule has 0 saturated heterocycles. The van der Waals surface area contributed by atoms with Crippen molar-refractivity contribution >= 4 is 29.9 Å². The van der Waals surface area contributed by atoms with Crippen LogP contribution in [0.1, 0.15) is 5.56 Å². The lowest BCUT2D eigenvalue weighted by molar-refractivity contribution is -0.384. The van der Waals surface area contributed by atoms with E-state index in [2.05, 4.69) is 24.5 Å². The predicted octanol–water partition coefficient (Wildman–Crippen LogP) is 2.53. The summed E-state index contributed by atoms with van der Waals surface area (Å²) in [6, 6.07) is 4.18. The van der Waals surface area contributed by atoms with Crippen LogP contribution in [0.5, 0.6) is 0 Å². The first-order chi connectivity index (χ1) is 6.65. The van der Waals surface area contributed by atoms with E-state index in [1.165, 1.54) is 18.2 Å². The molecule has 0 bridgehead atoms. The molecule has 0 aliphatic rings. The molecule has 72 valence electrons. The summed E-state index contributed by atoms with van der Waals surface area (Å²) in [5, 5.41) is 10.7. The molecule has 1 rings (SSSR count). The minimum atomic E-state index is -0.498. The van der Waals surface area contributed by atoms with Crippen LogP contribution in [0.2, 0.25) is 5.02 Å². The standard InChI is InChI=1S/C9H6ClNO2S/c10-9-6-8(11(12)13)4-3-7(9)2-1-5-14/h3-4,6,14H,5H2. The molecular formula is C9H6ClNO2S. The Hall–Kier alpha value is -1.18. The number of rotatable bonds is 1. The van der Waals surface area contributed by atoms with Gasteiger partial charge in [0.15, 0.2) is 0 Å². The molecule has 1 aromatic rings. The Morgan fingerprint density at radius 3 is 2.79 bits per heavy atom. The van der Waals surface area contributed by atoms with Gasteiger partial charge in [-0.05, 0) is 6.07 Å². The smallest absolute Gasteiger partial charge is 0.258 e. The van der Waals surface area contributed by atoms with Crippen LogP contribution in [0.4, 0.5) is 5.69 Å². The summed E-state index contributed by atoms with van der Waals surface area (Å²) in [5.41, 5.74) is 0.540. The van der Waals surface area contributed by atoms with Crippen LogP contribution >= 0.6 is 24.2 Å². The lowest BCUT2D eigenvalue weighted by atomic mass is 10.2.